The van der Waals surface area contributed by atoms with Crippen molar-refractivity contribution in [1.82, 2.24) is 0 Å². The van der Waals surface area contributed by atoms with E-state index in [2.05, 4.69) is 10.4 Å². The van der Waals surface area contributed by atoms with E-state index in [1.165, 1.54) is 30.1 Å². The third-order valence-electron chi connectivity index (χ3n) is 4.61. The van der Waals surface area contributed by atoms with Crippen LogP contribution in [0.25, 0.3) is 0 Å². The first-order chi connectivity index (χ1) is 14.2. The summed E-state index contributed by atoms with van der Waals surface area (Å²) in [6.07, 6.45) is -0.905. The third kappa shape index (κ3) is 4.89. The van der Waals surface area contributed by atoms with Gasteiger partial charge in [-0.15, -0.1) is 0 Å². The number of ether oxygens (including phenoxy) is 1. The standard InChI is InChI=1S/C22H22FN3O4/c1-13-7-8-14(2)19(11-13)26-20(27)10-9-18(25-26)22(29)30-15(3)21(28)24-17-6-4-5-16(23)12-17/h4-8,11-12,15H,9-10H2,1-3H3,(H,24,28). The Morgan fingerprint density at radius 1 is 1.17 bits per heavy atom. The summed E-state index contributed by atoms with van der Waals surface area (Å²) in [7, 11) is 0. The van der Waals surface area contributed by atoms with Crippen LogP contribution in [0.1, 0.15) is 30.9 Å². The molecule has 3 rings (SSSR count). The number of nitrogens with zero attached hydrogens (tertiary/aromatic N) is 2. The van der Waals surface area contributed by atoms with Gasteiger partial charge in [0, 0.05) is 18.5 Å². The Morgan fingerprint density at radius 3 is 2.67 bits per heavy atom. The highest BCUT2D eigenvalue weighted by Crippen LogP contribution is 2.25. The van der Waals surface area contributed by atoms with Crippen molar-refractivity contribution in [2.24, 2.45) is 5.10 Å². The SMILES string of the molecule is Cc1ccc(C)c(N2N=C(C(=O)OC(C)C(=O)Nc3cccc(F)c3)CCC2=O)c1. The molecule has 2 aromatic carbocycles. The van der Waals surface area contributed by atoms with Gasteiger partial charge in [-0.3, -0.25) is 9.59 Å². The predicted octanol–water partition coefficient (Wildman–Crippen LogP) is 3.50. The molecule has 2 amide bonds. The number of rotatable bonds is 5. The van der Waals surface area contributed by atoms with E-state index in [9.17, 15) is 18.8 Å². The second-order valence-electron chi connectivity index (χ2n) is 7.09. The third-order valence-corrected chi connectivity index (χ3v) is 4.61. The van der Waals surface area contributed by atoms with Crippen LogP contribution in [-0.4, -0.2) is 29.6 Å². The van der Waals surface area contributed by atoms with Gasteiger partial charge in [0.1, 0.15) is 11.5 Å². The molecule has 0 fully saturated rings. The average molecular weight is 411 g/mol. The van der Waals surface area contributed by atoms with Crippen LogP contribution >= 0.6 is 0 Å². The molecular weight excluding hydrogens is 389 g/mol. The quantitative estimate of drug-likeness (QED) is 0.763. The van der Waals surface area contributed by atoms with Crippen molar-refractivity contribution in [3.63, 3.8) is 0 Å². The Labute approximate surface area is 173 Å². The molecule has 1 aliphatic rings. The van der Waals surface area contributed by atoms with Crippen molar-refractivity contribution in [1.29, 1.82) is 0 Å². The number of carbonyl (C=O) groups excluding carboxylic acids is 3. The summed E-state index contributed by atoms with van der Waals surface area (Å²) in [4.78, 5) is 37.1. The van der Waals surface area contributed by atoms with E-state index in [4.69, 9.17) is 4.74 Å². The highest BCUT2D eigenvalue weighted by Gasteiger charge is 2.29. The maximum atomic E-state index is 13.2. The lowest BCUT2D eigenvalue weighted by atomic mass is 10.1. The van der Waals surface area contributed by atoms with Gasteiger partial charge < -0.3 is 10.1 Å². The highest BCUT2D eigenvalue weighted by molar-refractivity contribution is 6.38. The average Bonchev–Trinajstić information content (AvgIpc) is 2.70. The van der Waals surface area contributed by atoms with Crippen molar-refractivity contribution in [2.75, 3.05) is 10.3 Å². The van der Waals surface area contributed by atoms with Gasteiger partial charge in [-0.1, -0.05) is 18.2 Å². The minimum absolute atomic E-state index is 0.0564. The molecule has 1 unspecified atom stereocenters. The Kier molecular flexibility index (Phi) is 6.25. The van der Waals surface area contributed by atoms with Gasteiger partial charge in [-0.2, -0.15) is 10.1 Å². The molecule has 0 saturated heterocycles. The normalized spacial score (nSPS) is 14.7. The zero-order valence-corrected chi connectivity index (χ0v) is 16.9. The summed E-state index contributed by atoms with van der Waals surface area (Å²) in [5.41, 5.74) is 2.71. The monoisotopic (exact) mass is 411 g/mol. The minimum Gasteiger partial charge on any atom is -0.448 e. The van der Waals surface area contributed by atoms with Crippen LogP contribution in [0.4, 0.5) is 15.8 Å². The number of hydrogen-bond acceptors (Lipinski definition) is 5. The largest absolute Gasteiger partial charge is 0.448 e. The van der Waals surface area contributed by atoms with Crippen molar-refractivity contribution in [3.8, 4) is 0 Å². The Balaban J connectivity index is 1.71. The first-order valence-electron chi connectivity index (χ1n) is 9.49. The molecular formula is C22H22FN3O4. The second-order valence-corrected chi connectivity index (χ2v) is 7.09. The molecule has 0 saturated carbocycles. The number of amides is 2. The summed E-state index contributed by atoms with van der Waals surface area (Å²) < 4.78 is 18.5. The van der Waals surface area contributed by atoms with E-state index in [-0.39, 0.29) is 30.1 Å². The fraction of sp³-hybridized carbons (Fsp3) is 0.273. The van der Waals surface area contributed by atoms with E-state index in [0.717, 1.165) is 17.2 Å². The molecule has 1 atom stereocenters. The maximum absolute atomic E-state index is 13.2. The number of halogens is 1. The molecule has 1 aliphatic heterocycles. The van der Waals surface area contributed by atoms with E-state index in [1.54, 1.807) is 0 Å². The van der Waals surface area contributed by atoms with Crippen LogP contribution in [0.5, 0.6) is 0 Å². The predicted molar refractivity (Wildman–Crippen MR) is 111 cm³/mol. The van der Waals surface area contributed by atoms with Gasteiger partial charge >= 0.3 is 5.97 Å². The Morgan fingerprint density at radius 2 is 1.93 bits per heavy atom. The lowest BCUT2D eigenvalue weighted by molar-refractivity contribution is -0.146. The summed E-state index contributed by atoms with van der Waals surface area (Å²) in [5, 5.41) is 7.88. The Bertz CT molecular complexity index is 1030. The van der Waals surface area contributed by atoms with Gasteiger partial charge in [0.25, 0.3) is 5.91 Å². The first-order valence-corrected chi connectivity index (χ1v) is 9.49. The van der Waals surface area contributed by atoms with Crippen LogP contribution in [-0.2, 0) is 19.1 Å². The van der Waals surface area contributed by atoms with Crippen LogP contribution in [0.2, 0.25) is 0 Å². The van der Waals surface area contributed by atoms with Crippen molar-refractivity contribution >= 4 is 34.9 Å². The summed E-state index contributed by atoms with van der Waals surface area (Å²) in [6.45, 7) is 5.15. The molecule has 0 radical (unpaired) electrons. The number of anilines is 2. The number of nitrogens with one attached hydrogen (secondary N) is 1. The topological polar surface area (TPSA) is 88.1 Å². The van der Waals surface area contributed by atoms with Gasteiger partial charge in [0.15, 0.2) is 6.10 Å². The molecule has 1 heterocycles. The molecule has 0 bridgehead atoms. The molecule has 156 valence electrons. The second kappa shape index (κ2) is 8.86. The zero-order chi connectivity index (χ0) is 21.8. The number of hydrogen-bond donors (Lipinski definition) is 1. The highest BCUT2D eigenvalue weighted by atomic mass is 19.1. The van der Waals surface area contributed by atoms with E-state index in [1.807, 2.05) is 32.0 Å². The van der Waals surface area contributed by atoms with Crippen molar-refractivity contribution < 1.29 is 23.5 Å². The van der Waals surface area contributed by atoms with Gasteiger partial charge in [-0.25, -0.2) is 9.18 Å². The fourth-order valence-corrected chi connectivity index (χ4v) is 2.93. The van der Waals surface area contributed by atoms with Gasteiger partial charge in [0.05, 0.1) is 5.69 Å². The summed E-state index contributed by atoms with van der Waals surface area (Å²) in [6, 6.07) is 11.0. The van der Waals surface area contributed by atoms with E-state index in [0.29, 0.717) is 5.69 Å². The number of carbonyl (C=O) groups is 3. The lowest BCUT2D eigenvalue weighted by Crippen LogP contribution is -2.38. The molecule has 1 N–H and O–H groups in total. The zero-order valence-electron chi connectivity index (χ0n) is 16.9. The molecule has 0 spiro atoms. The lowest BCUT2D eigenvalue weighted by Gasteiger charge is -2.25. The number of aryl methyl sites for hydroxylation is 2. The molecule has 0 aliphatic carbocycles. The Hall–Kier alpha value is -3.55. The van der Waals surface area contributed by atoms with Crippen LogP contribution < -0.4 is 10.3 Å². The first kappa shape index (κ1) is 21.2. The van der Waals surface area contributed by atoms with Gasteiger partial charge in [-0.05, 0) is 56.2 Å². The number of hydrazone groups is 1. The van der Waals surface area contributed by atoms with Gasteiger partial charge in [0.2, 0.25) is 5.91 Å². The summed E-state index contributed by atoms with van der Waals surface area (Å²) >= 11 is 0. The van der Waals surface area contributed by atoms with Crippen molar-refractivity contribution in [2.45, 2.75) is 39.7 Å². The van der Waals surface area contributed by atoms with Crippen LogP contribution in [0.3, 0.4) is 0 Å². The van der Waals surface area contributed by atoms with Crippen LogP contribution in [0, 0.1) is 19.7 Å². The summed E-state index contributed by atoms with van der Waals surface area (Å²) in [5.74, 6) is -2.10. The molecule has 30 heavy (non-hydrogen) atoms. The van der Waals surface area contributed by atoms with Crippen LogP contribution in [0.15, 0.2) is 47.6 Å². The minimum atomic E-state index is -1.13. The molecule has 0 aromatic heterocycles. The smallest absolute Gasteiger partial charge is 0.355 e. The van der Waals surface area contributed by atoms with Crippen molar-refractivity contribution in [3.05, 3.63) is 59.4 Å². The van der Waals surface area contributed by atoms with E-state index >= 15 is 0 Å². The number of benzene rings is 2. The maximum Gasteiger partial charge on any atom is 0.355 e. The molecule has 8 heteroatoms. The fourth-order valence-electron chi connectivity index (χ4n) is 2.93. The number of esters is 1. The van der Waals surface area contributed by atoms with E-state index < -0.39 is 23.8 Å². The molecule has 7 nitrogen and oxygen atoms in total. The molecule has 2 aromatic rings.